The molecule has 0 amide bonds. The summed E-state index contributed by atoms with van der Waals surface area (Å²) in [6, 6.07) is 10.1. The van der Waals surface area contributed by atoms with E-state index in [1.165, 1.54) is 0 Å². The maximum absolute atomic E-state index is 5.42. The average Bonchev–Trinajstić information content (AvgIpc) is 3.28. The molecule has 0 N–H and O–H groups in total. The van der Waals surface area contributed by atoms with Crippen molar-refractivity contribution >= 4 is 0 Å². The highest BCUT2D eigenvalue weighted by Gasteiger charge is 2.24. The molecular formula is C17H19N5O. The SMILES string of the molecule is c1ccc(-n2cnc(CN3CCC(c4ncco4)CC3)n2)cc1. The van der Waals surface area contributed by atoms with Crippen LogP contribution < -0.4 is 0 Å². The van der Waals surface area contributed by atoms with E-state index in [1.807, 2.05) is 35.0 Å². The molecular weight excluding hydrogens is 290 g/mol. The third-order valence-electron chi connectivity index (χ3n) is 4.31. The molecule has 6 nitrogen and oxygen atoms in total. The van der Waals surface area contributed by atoms with Gasteiger partial charge in [0.05, 0.1) is 18.4 Å². The third kappa shape index (κ3) is 3.17. The highest BCUT2D eigenvalue weighted by atomic mass is 16.3. The van der Waals surface area contributed by atoms with E-state index in [0.29, 0.717) is 5.92 Å². The number of nitrogens with zero attached hydrogens (tertiary/aromatic N) is 5. The molecule has 1 aliphatic heterocycles. The Morgan fingerprint density at radius 3 is 2.65 bits per heavy atom. The number of rotatable bonds is 4. The van der Waals surface area contributed by atoms with Crippen LogP contribution in [0.3, 0.4) is 0 Å². The highest BCUT2D eigenvalue weighted by Crippen LogP contribution is 2.27. The zero-order chi connectivity index (χ0) is 15.5. The molecule has 3 heterocycles. The first kappa shape index (κ1) is 14.1. The van der Waals surface area contributed by atoms with Crippen molar-refractivity contribution in [2.45, 2.75) is 25.3 Å². The largest absolute Gasteiger partial charge is 0.449 e. The molecule has 4 rings (SSSR count). The highest BCUT2D eigenvalue weighted by molar-refractivity contribution is 5.29. The Morgan fingerprint density at radius 1 is 1.09 bits per heavy atom. The quantitative estimate of drug-likeness (QED) is 0.741. The van der Waals surface area contributed by atoms with Gasteiger partial charge in [-0.3, -0.25) is 4.90 Å². The van der Waals surface area contributed by atoms with Crippen LogP contribution in [0.2, 0.25) is 0 Å². The first-order chi connectivity index (χ1) is 11.4. The van der Waals surface area contributed by atoms with Crippen molar-refractivity contribution in [1.82, 2.24) is 24.6 Å². The fraction of sp³-hybridized carbons (Fsp3) is 0.353. The molecule has 0 atom stereocenters. The van der Waals surface area contributed by atoms with Gasteiger partial charge in [0.1, 0.15) is 12.6 Å². The minimum Gasteiger partial charge on any atom is -0.449 e. The zero-order valence-electron chi connectivity index (χ0n) is 12.9. The number of piperidine rings is 1. The standard InChI is InChI=1S/C17H19N5O/c1-2-4-15(5-3-1)22-13-19-16(20-22)12-21-9-6-14(7-10-21)17-18-8-11-23-17/h1-5,8,11,13-14H,6-7,9-10,12H2. The monoisotopic (exact) mass is 309 g/mol. The molecule has 0 aliphatic carbocycles. The van der Waals surface area contributed by atoms with Crippen LogP contribution in [0.4, 0.5) is 0 Å². The molecule has 118 valence electrons. The Kier molecular flexibility index (Phi) is 3.90. The van der Waals surface area contributed by atoms with Crippen LogP contribution in [0.5, 0.6) is 0 Å². The lowest BCUT2D eigenvalue weighted by atomic mass is 9.97. The van der Waals surface area contributed by atoms with Gasteiger partial charge < -0.3 is 4.42 Å². The summed E-state index contributed by atoms with van der Waals surface area (Å²) >= 11 is 0. The van der Waals surface area contributed by atoms with Crippen molar-refractivity contribution in [2.24, 2.45) is 0 Å². The summed E-state index contributed by atoms with van der Waals surface area (Å²) in [4.78, 5) is 11.1. The summed E-state index contributed by atoms with van der Waals surface area (Å²) in [6.07, 6.45) is 7.30. The second kappa shape index (κ2) is 6.34. The van der Waals surface area contributed by atoms with Gasteiger partial charge >= 0.3 is 0 Å². The second-order valence-corrected chi connectivity index (χ2v) is 5.86. The summed E-state index contributed by atoms with van der Waals surface area (Å²) in [5.74, 6) is 2.18. The van der Waals surface area contributed by atoms with Gasteiger partial charge in [0.25, 0.3) is 0 Å². The maximum Gasteiger partial charge on any atom is 0.197 e. The molecule has 0 bridgehead atoms. The number of likely N-dealkylation sites (tertiary alicyclic amines) is 1. The molecule has 1 fully saturated rings. The molecule has 0 spiro atoms. The van der Waals surface area contributed by atoms with E-state index in [0.717, 1.165) is 49.9 Å². The van der Waals surface area contributed by atoms with Gasteiger partial charge in [-0.15, -0.1) is 5.10 Å². The Balaban J connectivity index is 1.36. The topological polar surface area (TPSA) is 60.0 Å². The van der Waals surface area contributed by atoms with Crippen molar-refractivity contribution < 1.29 is 4.42 Å². The first-order valence-corrected chi connectivity index (χ1v) is 7.96. The van der Waals surface area contributed by atoms with Gasteiger partial charge in [0, 0.05) is 5.92 Å². The average molecular weight is 309 g/mol. The molecule has 2 aromatic heterocycles. The number of hydrogen-bond donors (Lipinski definition) is 0. The van der Waals surface area contributed by atoms with E-state index in [9.17, 15) is 0 Å². The minimum atomic E-state index is 0.441. The molecule has 0 unspecified atom stereocenters. The second-order valence-electron chi connectivity index (χ2n) is 5.86. The lowest BCUT2D eigenvalue weighted by Gasteiger charge is -2.29. The molecule has 1 saturated heterocycles. The van der Waals surface area contributed by atoms with Crippen LogP contribution >= 0.6 is 0 Å². The predicted molar refractivity (Wildman–Crippen MR) is 85.1 cm³/mol. The van der Waals surface area contributed by atoms with Gasteiger partial charge in [0.15, 0.2) is 11.7 Å². The van der Waals surface area contributed by atoms with E-state index in [4.69, 9.17) is 4.42 Å². The Bertz CT molecular complexity index is 729. The van der Waals surface area contributed by atoms with Gasteiger partial charge in [-0.05, 0) is 38.1 Å². The minimum absolute atomic E-state index is 0.441. The van der Waals surface area contributed by atoms with E-state index in [2.05, 4.69) is 20.0 Å². The zero-order valence-corrected chi connectivity index (χ0v) is 12.9. The normalized spacial score (nSPS) is 16.7. The van der Waals surface area contributed by atoms with Gasteiger partial charge in [-0.1, -0.05) is 18.2 Å². The number of oxazole rings is 1. The van der Waals surface area contributed by atoms with Crippen LogP contribution in [-0.4, -0.2) is 37.7 Å². The van der Waals surface area contributed by atoms with Crippen LogP contribution in [0.15, 0.2) is 53.5 Å². The van der Waals surface area contributed by atoms with E-state index in [1.54, 1.807) is 18.8 Å². The summed E-state index contributed by atoms with van der Waals surface area (Å²) < 4.78 is 7.25. The van der Waals surface area contributed by atoms with Crippen LogP contribution in [0, 0.1) is 0 Å². The summed E-state index contributed by atoms with van der Waals surface area (Å²) in [7, 11) is 0. The fourth-order valence-electron chi connectivity index (χ4n) is 3.05. The summed E-state index contributed by atoms with van der Waals surface area (Å²) in [6.45, 7) is 2.83. The van der Waals surface area contributed by atoms with Gasteiger partial charge in [0.2, 0.25) is 0 Å². The predicted octanol–water partition coefficient (Wildman–Crippen LogP) is 2.63. The lowest BCUT2D eigenvalue weighted by Crippen LogP contribution is -2.32. The first-order valence-electron chi connectivity index (χ1n) is 7.96. The maximum atomic E-state index is 5.42. The Hall–Kier alpha value is -2.47. The van der Waals surface area contributed by atoms with Crippen LogP contribution in [-0.2, 0) is 6.54 Å². The van der Waals surface area contributed by atoms with Crippen molar-refractivity contribution in [3.63, 3.8) is 0 Å². The molecule has 1 aromatic carbocycles. The van der Waals surface area contributed by atoms with E-state index >= 15 is 0 Å². The lowest BCUT2D eigenvalue weighted by molar-refractivity contribution is 0.189. The van der Waals surface area contributed by atoms with E-state index in [-0.39, 0.29) is 0 Å². The smallest absolute Gasteiger partial charge is 0.197 e. The molecule has 3 aromatic rings. The van der Waals surface area contributed by atoms with Crippen molar-refractivity contribution in [3.8, 4) is 5.69 Å². The molecule has 23 heavy (non-hydrogen) atoms. The number of hydrogen-bond acceptors (Lipinski definition) is 5. The molecule has 6 heteroatoms. The Morgan fingerprint density at radius 2 is 1.91 bits per heavy atom. The van der Waals surface area contributed by atoms with Crippen molar-refractivity contribution in [1.29, 1.82) is 0 Å². The van der Waals surface area contributed by atoms with Crippen molar-refractivity contribution in [2.75, 3.05) is 13.1 Å². The summed E-state index contributed by atoms with van der Waals surface area (Å²) in [5, 5.41) is 4.58. The number of para-hydroxylation sites is 1. The van der Waals surface area contributed by atoms with Crippen LogP contribution in [0.1, 0.15) is 30.5 Å². The van der Waals surface area contributed by atoms with Crippen molar-refractivity contribution in [3.05, 3.63) is 60.8 Å². The van der Waals surface area contributed by atoms with E-state index < -0.39 is 0 Å². The number of benzene rings is 1. The number of aromatic nitrogens is 4. The molecule has 0 saturated carbocycles. The Labute approximate surface area is 134 Å². The molecule has 0 radical (unpaired) electrons. The van der Waals surface area contributed by atoms with Crippen LogP contribution in [0.25, 0.3) is 5.69 Å². The molecule has 1 aliphatic rings. The summed E-state index contributed by atoms with van der Waals surface area (Å²) in [5.41, 5.74) is 1.04. The van der Waals surface area contributed by atoms with Gasteiger partial charge in [-0.2, -0.15) is 0 Å². The fourth-order valence-corrected chi connectivity index (χ4v) is 3.05. The van der Waals surface area contributed by atoms with Gasteiger partial charge in [-0.25, -0.2) is 14.6 Å². The third-order valence-corrected chi connectivity index (χ3v) is 4.31.